The first-order chi connectivity index (χ1) is 8.31. The number of nitrogens with zero attached hydrogens (tertiary/aromatic N) is 2. The first kappa shape index (κ1) is 12.4. The van der Waals surface area contributed by atoms with Gasteiger partial charge < -0.3 is 4.74 Å². The van der Waals surface area contributed by atoms with Crippen molar-refractivity contribution < 1.29 is 9.53 Å². The summed E-state index contributed by atoms with van der Waals surface area (Å²) in [6.07, 6.45) is -0.649. The molecule has 0 unspecified atom stereocenters. The minimum Gasteiger partial charge on any atom is -0.443 e. The third-order valence-corrected chi connectivity index (χ3v) is 2.54. The fourth-order valence-corrected chi connectivity index (χ4v) is 1.78. The summed E-state index contributed by atoms with van der Waals surface area (Å²) in [5, 5.41) is 0. The number of carbonyl (C=O) groups is 1. The van der Waals surface area contributed by atoms with Crippen LogP contribution in [0.25, 0.3) is 11.0 Å². The molecule has 18 heavy (non-hydrogen) atoms. The molecule has 5 nitrogen and oxygen atoms in total. The Morgan fingerprint density at radius 2 is 1.72 bits per heavy atom. The zero-order valence-electron chi connectivity index (χ0n) is 10.9. The zero-order valence-corrected chi connectivity index (χ0v) is 10.9. The fourth-order valence-electron chi connectivity index (χ4n) is 1.78. The summed E-state index contributed by atoms with van der Waals surface area (Å²) < 4.78 is 7.72. The topological polar surface area (TPSA) is 53.2 Å². The fraction of sp³-hybridized carbons (Fsp3) is 0.385. The van der Waals surface area contributed by atoms with Gasteiger partial charge in [0, 0.05) is 7.05 Å². The molecule has 0 spiro atoms. The lowest BCUT2D eigenvalue weighted by Crippen LogP contribution is -2.33. The van der Waals surface area contributed by atoms with Crippen molar-refractivity contribution in [2.75, 3.05) is 0 Å². The van der Waals surface area contributed by atoms with Gasteiger partial charge in [-0.1, -0.05) is 12.1 Å². The van der Waals surface area contributed by atoms with E-state index in [-0.39, 0.29) is 0 Å². The Kier molecular flexibility index (Phi) is 2.77. The molecule has 0 saturated carbocycles. The summed E-state index contributed by atoms with van der Waals surface area (Å²) in [4.78, 5) is 24.1. The molecule has 0 aliphatic carbocycles. The van der Waals surface area contributed by atoms with E-state index in [0.29, 0.717) is 11.0 Å². The van der Waals surface area contributed by atoms with Gasteiger partial charge in [0.15, 0.2) is 0 Å². The van der Waals surface area contributed by atoms with Crippen LogP contribution >= 0.6 is 0 Å². The van der Waals surface area contributed by atoms with Crippen molar-refractivity contribution in [3.05, 3.63) is 34.7 Å². The predicted molar refractivity (Wildman–Crippen MR) is 68.8 cm³/mol. The molecule has 0 atom stereocenters. The number of imidazole rings is 1. The van der Waals surface area contributed by atoms with Crippen molar-refractivity contribution >= 4 is 17.1 Å². The van der Waals surface area contributed by atoms with Crippen molar-refractivity contribution in [3.8, 4) is 0 Å². The smallest absolute Gasteiger partial charge is 0.423 e. The maximum atomic E-state index is 12.0. The molecule has 0 bridgehead atoms. The molecule has 0 amide bonds. The summed E-state index contributed by atoms with van der Waals surface area (Å²) in [5.74, 6) is 0. The minimum atomic E-state index is -0.649. The molecule has 1 aromatic heterocycles. The SMILES string of the molecule is Cn1c(=O)n(C(=O)OC(C)(C)C)c2ccccc21. The molecule has 0 radical (unpaired) electrons. The molecule has 0 aliphatic rings. The van der Waals surface area contributed by atoms with E-state index in [1.54, 1.807) is 46.0 Å². The Labute approximate surface area is 105 Å². The lowest BCUT2D eigenvalue weighted by molar-refractivity contribution is 0.0537. The molecular formula is C13H16N2O3. The lowest BCUT2D eigenvalue weighted by atomic mass is 10.2. The monoisotopic (exact) mass is 248 g/mol. The van der Waals surface area contributed by atoms with Crippen LogP contribution in [-0.4, -0.2) is 20.8 Å². The van der Waals surface area contributed by atoms with Gasteiger partial charge in [0.1, 0.15) is 5.60 Å². The number of benzene rings is 1. The van der Waals surface area contributed by atoms with Gasteiger partial charge in [0.05, 0.1) is 11.0 Å². The van der Waals surface area contributed by atoms with Crippen LogP contribution in [0.3, 0.4) is 0 Å². The van der Waals surface area contributed by atoms with Crippen molar-refractivity contribution in [3.63, 3.8) is 0 Å². The molecule has 0 aliphatic heterocycles. The van der Waals surface area contributed by atoms with Crippen LogP contribution in [0.15, 0.2) is 29.1 Å². The van der Waals surface area contributed by atoms with Crippen LogP contribution in [0.1, 0.15) is 20.8 Å². The summed E-state index contributed by atoms with van der Waals surface area (Å²) in [6.45, 7) is 5.29. The van der Waals surface area contributed by atoms with Gasteiger partial charge in [-0.3, -0.25) is 4.57 Å². The Morgan fingerprint density at radius 1 is 1.17 bits per heavy atom. The third-order valence-electron chi connectivity index (χ3n) is 2.54. The van der Waals surface area contributed by atoms with Gasteiger partial charge in [0.25, 0.3) is 0 Å². The highest BCUT2D eigenvalue weighted by molar-refractivity contribution is 5.86. The second kappa shape index (κ2) is 4.01. The molecule has 2 rings (SSSR count). The number of carbonyl (C=O) groups excluding carboxylic acids is 1. The normalized spacial score (nSPS) is 11.8. The van der Waals surface area contributed by atoms with E-state index in [1.807, 2.05) is 6.07 Å². The number of fused-ring (bicyclic) bond motifs is 1. The first-order valence-electron chi connectivity index (χ1n) is 5.71. The number of rotatable bonds is 0. The Bertz CT molecular complexity index is 659. The van der Waals surface area contributed by atoms with Gasteiger partial charge in [-0.2, -0.15) is 4.57 Å². The van der Waals surface area contributed by atoms with Crippen LogP contribution in [-0.2, 0) is 11.8 Å². The van der Waals surface area contributed by atoms with Crippen molar-refractivity contribution in [1.29, 1.82) is 0 Å². The number of hydrogen-bond acceptors (Lipinski definition) is 3. The average Bonchev–Trinajstić information content (AvgIpc) is 2.50. The van der Waals surface area contributed by atoms with Crippen molar-refractivity contribution in [2.45, 2.75) is 26.4 Å². The summed E-state index contributed by atoms with van der Waals surface area (Å²) >= 11 is 0. The van der Waals surface area contributed by atoms with Crippen LogP contribution < -0.4 is 5.69 Å². The number of aromatic nitrogens is 2. The highest BCUT2D eigenvalue weighted by Gasteiger charge is 2.22. The largest absolute Gasteiger partial charge is 0.443 e. The summed E-state index contributed by atoms with van der Waals surface area (Å²) in [6, 6.07) is 7.11. The number of ether oxygens (including phenoxy) is 1. The average molecular weight is 248 g/mol. The summed E-state index contributed by atoms with van der Waals surface area (Å²) in [5.41, 5.74) is 0.228. The van der Waals surface area contributed by atoms with E-state index in [0.717, 1.165) is 4.57 Å². The molecule has 2 aromatic rings. The zero-order chi connectivity index (χ0) is 13.5. The van der Waals surface area contributed by atoms with Crippen molar-refractivity contribution in [2.24, 2.45) is 7.05 Å². The minimum absolute atomic E-state index is 0.398. The van der Waals surface area contributed by atoms with E-state index in [9.17, 15) is 9.59 Å². The van der Waals surface area contributed by atoms with Crippen molar-refractivity contribution in [1.82, 2.24) is 9.13 Å². The molecule has 0 fully saturated rings. The van der Waals surface area contributed by atoms with E-state index < -0.39 is 17.4 Å². The van der Waals surface area contributed by atoms with Gasteiger partial charge in [0.2, 0.25) is 0 Å². The van der Waals surface area contributed by atoms with Crippen LogP contribution in [0.5, 0.6) is 0 Å². The molecule has 96 valence electrons. The highest BCUT2D eigenvalue weighted by atomic mass is 16.6. The molecule has 0 saturated heterocycles. The van der Waals surface area contributed by atoms with Gasteiger partial charge in [-0.25, -0.2) is 9.59 Å². The van der Waals surface area contributed by atoms with Gasteiger partial charge in [-0.05, 0) is 32.9 Å². The molecule has 0 N–H and O–H groups in total. The predicted octanol–water partition coefficient (Wildman–Crippen LogP) is 2.12. The van der Waals surface area contributed by atoms with Crippen LogP contribution in [0.4, 0.5) is 4.79 Å². The van der Waals surface area contributed by atoms with E-state index in [2.05, 4.69) is 0 Å². The molecule has 5 heteroatoms. The highest BCUT2D eigenvalue weighted by Crippen LogP contribution is 2.14. The van der Waals surface area contributed by atoms with E-state index in [1.165, 1.54) is 4.57 Å². The Balaban J connectivity index is 2.61. The second-order valence-electron chi connectivity index (χ2n) is 5.15. The first-order valence-corrected chi connectivity index (χ1v) is 5.71. The Morgan fingerprint density at radius 3 is 2.28 bits per heavy atom. The maximum Gasteiger partial charge on any atom is 0.423 e. The number of aryl methyl sites for hydroxylation is 1. The standard InChI is InChI=1S/C13H16N2O3/c1-13(2,3)18-12(17)15-10-8-6-5-7-9(10)14(4)11(15)16/h5-8H,1-4H3. The molecule has 1 heterocycles. The van der Waals surface area contributed by atoms with Crippen LogP contribution in [0.2, 0.25) is 0 Å². The van der Waals surface area contributed by atoms with Gasteiger partial charge >= 0.3 is 11.8 Å². The Hall–Kier alpha value is -2.04. The second-order valence-corrected chi connectivity index (χ2v) is 5.15. The lowest BCUT2D eigenvalue weighted by Gasteiger charge is -2.19. The van der Waals surface area contributed by atoms with Gasteiger partial charge in [-0.15, -0.1) is 0 Å². The summed E-state index contributed by atoms with van der Waals surface area (Å²) in [7, 11) is 1.63. The number of para-hydroxylation sites is 2. The quantitative estimate of drug-likeness (QED) is 0.717. The third kappa shape index (κ3) is 2.03. The molecule has 1 aromatic carbocycles. The molecular weight excluding hydrogens is 232 g/mol. The number of hydrogen-bond donors (Lipinski definition) is 0. The maximum absolute atomic E-state index is 12.0. The van der Waals surface area contributed by atoms with E-state index >= 15 is 0 Å². The van der Waals surface area contributed by atoms with Crippen LogP contribution in [0, 0.1) is 0 Å². The van der Waals surface area contributed by atoms with E-state index in [4.69, 9.17) is 4.74 Å².